The number of nitrogens with two attached hydrogens (primary N) is 1. The Labute approximate surface area is 89.6 Å². The molecule has 0 aliphatic heterocycles. The van der Waals surface area contributed by atoms with Crippen LogP contribution in [0.3, 0.4) is 0 Å². The third-order valence-corrected chi connectivity index (χ3v) is 2.01. The zero-order valence-corrected chi connectivity index (χ0v) is 8.79. The minimum atomic E-state index is -0.381. The fraction of sp³-hybridized carbons (Fsp3) is 0.300. The molecule has 3 nitrogen and oxygen atoms in total. The Morgan fingerprint density at radius 3 is 2.43 bits per heavy atom. The number of benzene rings is 1. The van der Waals surface area contributed by atoms with Crippen LogP contribution in [0.4, 0.5) is 0 Å². The van der Waals surface area contributed by atoms with E-state index < -0.39 is 0 Å². The third kappa shape index (κ3) is 3.01. The molecule has 0 heterocycles. The molecular weight excluding hydrogens is 202 g/mol. The van der Waals surface area contributed by atoms with Gasteiger partial charge in [-0.2, -0.15) is 5.90 Å². The Bertz CT molecular complexity index is 277. The summed E-state index contributed by atoms with van der Waals surface area (Å²) >= 11 is 0. The van der Waals surface area contributed by atoms with Crippen molar-refractivity contribution in [3.63, 3.8) is 0 Å². The van der Waals surface area contributed by atoms with Crippen LogP contribution in [0.2, 0.25) is 0 Å². The van der Waals surface area contributed by atoms with Gasteiger partial charge in [0.15, 0.2) is 0 Å². The lowest BCUT2D eigenvalue weighted by Gasteiger charge is -2.11. The predicted octanol–water partition coefficient (Wildman–Crippen LogP) is 2.02. The summed E-state index contributed by atoms with van der Waals surface area (Å²) in [7, 11) is 0. The molecule has 1 atom stereocenters. The van der Waals surface area contributed by atoms with E-state index in [4.69, 9.17) is 5.90 Å². The highest BCUT2D eigenvalue weighted by atomic mass is 35.5. The first kappa shape index (κ1) is 12.9. The lowest BCUT2D eigenvalue weighted by atomic mass is 9.97. The van der Waals surface area contributed by atoms with Crippen LogP contribution in [-0.2, 0) is 9.63 Å². The molecule has 0 saturated carbocycles. The molecule has 0 amide bonds. The Morgan fingerprint density at radius 1 is 1.43 bits per heavy atom. The van der Waals surface area contributed by atoms with Crippen molar-refractivity contribution in [1.29, 1.82) is 0 Å². The Kier molecular flexibility index (Phi) is 5.92. The van der Waals surface area contributed by atoms with Gasteiger partial charge in [-0.25, -0.2) is 4.79 Å². The summed E-state index contributed by atoms with van der Waals surface area (Å²) in [6.07, 6.45) is 0.694. The van der Waals surface area contributed by atoms with Crippen LogP contribution in [0, 0.1) is 0 Å². The van der Waals surface area contributed by atoms with Gasteiger partial charge in [0.05, 0.1) is 5.92 Å². The molecule has 0 unspecified atom stereocenters. The fourth-order valence-electron chi connectivity index (χ4n) is 1.31. The van der Waals surface area contributed by atoms with Gasteiger partial charge in [0.1, 0.15) is 0 Å². The van der Waals surface area contributed by atoms with Gasteiger partial charge in [-0.15, -0.1) is 12.4 Å². The molecule has 0 aliphatic rings. The van der Waals surface area contributed by atoms with Crippen LogP contribution in [0.25, 0.3) is 0 Å². The minimum Gasteiger partial charge on any atom is -0.373 e. The van der Waals surface area contributed by atoms with E-state index in [0.717, 1.165) is 5.56 Å². The van der Waals surface area contributed by atoms with Gasteiger partial charge in [0.25, 0.3) is 0 Å². The van der Waals surface area contributed by atoms with Gasteiger partial charge >= 0.3 is 5.97 Å². The number of halogens is 1. The SMILES string of the molecule is CC[C@@H](C(=O)ON)c1ccccc1.Cl. The van der Waals surface area contributed by atoms with Crippen molar-refractivity contribution >= 4 is 18.4 Å². The molecule has 14 heavy (non-hydrogen) atoms. The average Bonchev–Trinajstić information content (AvgIpc) is 2.20. The zero-order valence-electron chi connectivity index (χ0n) is 7.97. The summed E-state index contributed by atoms with van der Waals surface area (Å²) in [6, 6.07) is 9.48. The molecule has 1 rings (SSSR count). The van der Waals surface area contributed by atoms with E-state index in [2.05, 4.69) is 4.84 Å². The van der Waals surface area contributed by atoms with Crippen LogP contribution in [-0.4, -0.2) is 5.97 Å². The normalized spacial score (nSPS) is 11.3. The Balaban J connectivity index is 0.00000169. The lowest BCUT2D eigenvalue weighted by Crippen LogP contribution is -2.18. The van der Waals surface area contributed by atoms with Crippen LogP contribution < -0.4 is 5.90 Å². The second-order valence-corrected chi connectivity index (χ2v) is 2.81. The number of carbonyl (C=O) groups is 1. The summed E-state index contributed by atoms with van der Waals surface area (Å²) in [4.78, 5) is 15.4. The number of carbonyl (C=O) groups excluding carboxylic acids is 1. The predicted molar refractivity (Wildman–Crippen MR) is 57.0 cm³/mol. The monoisotopic (exact) mass is 215 g/mol. The summed E-state index contributed by atoms with van der Waals surface area (Å²) < 4.78 is 0. The summed E-state index contributed by atoms with van der Waals surface area (Å²) in [6.45, 7) is 1.93. The van der Waals surface area contributed by atoms with Crippen molar-refractivity contribution in [1.82, 2.24) is 0 Å². The van der Waals surface area contributed by atoms with Gasteiger partial charge in [-0.1, -0.05) is 37.3 Å². The molecule has 0 spiro atoms. The first-order valence-corrected chi connectivity index (χ1v) is 4.25. The van der Waals surface area contributed by atoms with Gasteiger partial charge < -0.3 is 4.84 Å². The summed E-state index contributed by atoms with van der Waals surface area (Å²) in [5.41, 5.74) is 0.945. The molecule has 4 heteroatoms. The maximum absolute atomic E-state index is 11.2. The number of hydrogen-bond acceptors (Lipinski definition) is 3. The van der Waals surface area contributed by atoms with E-state index in [1.165, 1.54) is 0 Å². The largest absolute Gasteiger partial charge is 0.373 e. The second kappa shape index (κ2) is 6.40. The van der Waals surface area contributed by atoms with E-state index in [1.807, 2.05) is 37.3 Å². The summed E-state index contributed by atoms with van der Waals surface area (Å²) in [5, 5.41) is 0. The van der Waals surface area contributed by atoms with Crippen molar-refractivity contribution in [3.8, 4) is 0 Å². The Hall–Kier alpha value is -1.06. The van der Waals surface area contributed by atoms with Gasteiger partial charge in [-0.05, 0) is 12.0 Å². The van der Waals surface area contributed by atoms with Crippen molar-refractivity contribution in [2.24, 2.45) is 5.90 Å². The zero-order chi connectivity index (χ0) is 9.68. The smallest absolute Gasteiger partial charge is 0.331 e. The quantitative estimate of drug-likeness (QED) is 0.785. The molecule has 1 aromatic rings. The molecule has 2 N–H and O–H groups in total. The van der Waals surface area contributed by atoms with E-state index in [9.17, 15) is 4.79 Å². The van der Waals surface area contributed by atoms with E-state index >= 15 is 0 Å². The standard InChI is InChI=1S/C10H13NO2.ClH/c1-2-9(10(12)13-11)8-6-4-3-5-7-8;/h3-7,9H,2,11H2,1H3;1H/t9-;/m1./s1. The lowest BCUT2D eigenvalue weighted by molar-refractivity contribution is -0.146. The number of hydrogen-bond donors (Lipinski definition) is 1. The maximum Gasteiger partial charge on any atom is 0.331 e. The van der Waals surface area contributed by atoms with Crippen LogP contribution in [0.1, 0.15) is 24.8 Å². The molecule has 0 aromatic heterocycles. The first-order chi connectivity index (χ1) is 6.29. The number of rotatable bonds is 3. The topological polar surface area (TPSA) is 52.3 Å². The summed E-state index contributed by atoms with van der Waals surface area (Å²) in [5.74, 6) is 4.21. The highest BCUT2D eigenvalue weighted by molar-refractivity contribution is 5.85. The van der Waals surface area contributed by atoms with Crippen molar-refractivity contribution in [3.05, 3.63) is 35.9 Å². The second-order valence-electron chi connectivity index (χ2n) is 2.81. The van der Waals surface area contributed by atoms with Crippen molar-refractivity contribution in [2.45, 2.75) is 19.3 Å². The third-order valence-electron chi connectivity index (χ3n) is 2.01. The fourth-order valence-corrected chi connectivity index (χ4v) is 1.31. The van der Waals surface area contributed by atoms with Gasteiger partial charge in [0.2, 0.25) is 0 Å². The molecule has 78 valence electrons. The highest BCUT2D eigenvalue weighted by Crippen LogP contribution is 2.19. The molecule has 0 bridgehead atoms. The van der Waals surface area contributed by atoms with Crippen LogP contribution in [0.15, 0.2) is 30.3 Å². The first-order valence-electron chi connectivity index (χ1n) is 4.25. The highest BCUT2D eigenvalue weighted by Gasteiger charge is 2.18. The molecule has 0 radical (unpaired) electrons. The van der Waals surface area contributed by atoms with Gasteiger partial charge in [-0.3, -0.25) is 0 Å². The molecular formula is C10H14ClNO2. The molecule has 0 aliphatic carbocycles. The van der Waals surface area contributed by atoms with Crippen molar-refractivity contribution in [2.75, 3.05) is 0 Å². The van der Waals surface area contributed by atoms with Crippen molar-refractivity contribution < 1.29 is 9.63 Å². The Morgan fingerprint density at radius 2 is 2.00 bits per heavy atom. The van der Waals surface area contributed by atoms with Crippen LogP contribution in [0.5, 0.6) is 0 Å². The van der Waals surface area contributed by atoms with E-state index in [1.54, 1.807) is 0 Å². The van der Waals surface area contributed by atoms with E-state index in [0.29, 0.717) is 6.42 Å². The minimum absolute atomic E-state index is 0. The molecule has 1 aromatic carbocycles. The average molecular weight is 216 g/mol. The van der Waals surface area contributed by atoms with Crippen LogP contribution >= 0.6 is 12.4 Å². The molecule has 0 saturated heterocycles. The maximum atomic E-state index is 11.2. The van der Waals surface area contributed by atoms with E-state index in [-0.39, 0.29) is 24.3 Å². The van der Waals surface area contributed by atoms with Gasteiger partial charge in [0, 0.05) is 0 Å². The molecule has 0 fully saturated rings.